The van der Waals surface area contributed by atoms with E-state index in [0.717, 1.165) is 33.7 Å². The minimum absolute atomic E-state index is 0.0662. The van der Waals surface area contributed by atoms with Crippen molar-refractivity contribution in [3.63, 3.8) is 0 Å². The molecule has 1 aliphatic heterocycles. The third kappa shape index (κ3) is 4.29. The smallest absolute Gasteiger partial charge is 0.261 e. The molecule has 0 spiro atoms. The molecular weight excluding hydrogens is 550 g/mol. The van der Waals surface area contributed by atoms with Crippen LogP contribution in [0.1, 0.15) is 65.3 Å². The first-order valence-electron chi connectivity index (χ1n) is 13.3. The van der Waals surface area contributed by atoms with E-state index in [9.17, 15) is 19.6 Å². The van der Waals surface area contributed by atoms with E-state index in [1.165, 1.54) is 22.7 Å². The molecule has 1 saturated carbocycles. The summed E-state index contributed by atoms with van der Waals surface area (Å²) in [6.45, 7) is 0.546. The average molecular weight is 580 g/mol. The SMILES string of the molecule is CNC(=O)c1cc2c(s1)C(CCNCC(=O)N1C(C#N)C[C@@H]3C[C@@H]31)(c1nn[nH]n1)c1sc(C(=O)NC)cc1CC2. The van der Waals surface area contributed by atoms with Gasteiger partial charge in [0.15, 0.2) is 5.82 Å². The van der Waals surface area contributed by atoms with Crippen LogP contribution in [0.5, 0.6) is 0 Å². The van der Waals surface area contributed by atoms with Crippen LogP contribution >= 0.6 is 22.7 Å². The van der Waals surface area contributed by atoms with Crippen LogP contribution in [0.3, 0.4) is 0 Å². The van der Waals surface area contributed by atoms with E-state index < -0.39 is 5.41 Å². The highest BCUT2D eigenvalue weighted by Crippen LogP contribution is 2.51. The van der Waals surface area contributed by atoms with Gasteiger partial charge < -0.3 is 20.9 Å². The predicted molar refractivity (Wildman–Crippen MR) is 147 cm³/mol. The second kappa shape index (κ2) is 10.4. The van der Waals surface area contributed by atoms with Crippen LogP contribution in [0.2, 0.25) is 0 Å². The lowest BCUT2D eigenvalue weighted by Gasteiger charge is -2.30. The van der Waals surface area contributed by atoms with E-state index in [0.29, 0.717) is 47.3 Å². The number of aryl methyl sites for hydroxylation is 2. The van der Waals surface area contributed by atoms with E-state index in [-0.39, 0.29) is 36.3 Å². The normalized spacial score (nSPS) is 21.9. The predicted octanol–water partition coefficient (Wildman–Crippen LogP) is 0.968. The number of tetrazole rings is 1. The van der Waals surface area contributed by atoms with Crippen LogP contribution in [-0.2, 0) is 23.1 Å². The largest absolute Gasteiger partial charge is 0.354 e. The fourth-order valence-electron chi connectivity index (χ4n) is 6.17. The summed E-state index contributed by atoms with van der Waals surface area (Å²) in [6.07, 6.45) is 3.59. The summed E-state index contributed by atoms with van der Waals surface area (Å²) in [5.41, 5.74) is 1.17. The molecule has 0 aromatic carbocycles. The van der Waals surface area contributed by atoms with Gasteiger partial charge in [0.2, 0.25) is 5.91 Å². The fraction of sp³-hybridized carbons (Fsp3) is 0.500. The molecule has 3 atom stereocenters. The van der Waals surface area contributed by atoms with Gasteiger partial charge in [0.05, 0.1) is 22.4 Å². The second-order valence-corrected chi connectivity index (χ2v) is 12.5. The number of hydrogen-bond donors (Lipinski definition) is 4. The van der Waals surface area contributed by atoms with Crippen molar-refractivity contribution in [2.75, 3.05) is 27.2 Å². The Balaban J connectivity index is 1.36. The Hall–Kier alpha value is -3.67. The molecule has 1 unspecified atom stereocenters. The second-order valence-electron chi connectivity index (χ2n) is 10.4. The molecule has 40 heavy (non-hydrogen) atoms. The highest BCUT2D eigenvalue weighted by Gasteiger charge is 2.54. The number of aromatic amines is 1. The number of carbonyl (C=O) groups is 3. The summed E-state index contributed by atoms with van der Waals surface area (Å²) in [7, 11) is 3.21. The van der Waals surface area contributed by atoms with E-state index in [4.69, 9.17) is 0 Å². The first-order chi connectivity index (χ1) is 19.4. The van der Waals surface area contributed by atoms with E-state index in [1.807, 2.05) is 12.1 Å². The number of hydrogen-bond acceptors (Lipinski definition) is 10. The lowest BCUT2D eigenvalue weighted by atomic mass is 9.78. The van der Waals surface area contributed by atoms with Crippen LogP contribution in [0.25, 0.3) is 0 Å². The molecule has 3 amide bonds. The van der Waals surface area contributed by atoms with Gasteiger partial charge in [-0.05, 0) is 67.8 Å². The van der Waals surface area contributed by atoms with Gasteiger partial charge >= 0.3 is 0 Å². The van der Waals surface area contributed by atoms with E-state index >= 15 is 0 Å². The molecule has 12 nitrogen and oxygen atoms in total. The number of nitrogens with zero attached hydrogens (tertiary/aromatic N) is 5. The number of fused-ring (bicyclic) bond motifs is 3. The van der Waals surface area contributed by atoms with Gasteiger partial charge in [-0.25, -0.2) is 0 Å². The number of aromatic nitrogens is 4. The van der Waals surface area contributed by atoms with Crippen LogP contribution in [-0.4, -0.2) is 82.5 Å². The third-order valence-corrected chi connectivity index (χ3v) is 10.9. The Labute approximate surface area is 238 Å². The summed E-state index contributed by atoms with van der Waals surface area (Å²) >= 11 is 2.80. The van der Waals surface area contributed by atoms with Crippen LogP contribution in [0.4, 0.5) is 0 Å². The molecule has 208 valence electrons. The lowest BCUT2D eigenvalue weighted by Crippen LogP contribution is -2.43. The molecule has 0 radical (unpaired) electrons. The molecule has 14 heteroatoms. The molecule has 4 heterocycles. The Morgan fingerprint density at radius 2 is 1.75 bits per heavy atom. The molecule has 0 bridgehead atoms. The zero-order valence-corrected chi connectivity index (χ0v) is 23.7. The molecule has 3 aliphatic rings. The van der Waals surface area contributed by atoms with Crippen molar-refractivity contribution < 1.29 is 14.4 Å². The minimum Gasteiger partial charge on any atom is -0.354 e. The number of rotatable bonds is 8. The number of nitriles is 1. The Kier molecular flexibility index (Phi) is 6.89. The highest BCUT2D eigenvalue weighted by molar-refractivity contribution is 7.16. The highest BCUT2D eigenvalue weighted by atomic mass is 32.1. The van der Waals surface area contributed by atoms with Gasteiger partial charge in [-0.1, -0.05) is 5.21 Å². The standard InChI is InChI=1S/C26H29N9O3S2/c1-28-23(37)18-9-13-3-4-14-10-19(24(38)29-2)40-22(14)26(21(13)39-18,25-31-33-34-32-25)5-6-30-12-20(36)35-16(11-27)7-15-8-17(15)35/h9-10,15-17,30H,3-8,12H2,1-2H3,(H,28,37)(H,29,38)(H,31,32,33,34)/t15-,16?,17+/m1/s1. The summed E-state index contributed by atoms with van der Waals surface area (Å²) < 4.78 is 0. The van der Waals surface area contributed by atoms with E-state index in [2.05, 4.69) is 42.6 Å². The molecule has 6 rings (SSSR count). The number of amides is 3. The van der Waals surface area contributed by atoms with Crippen molar-refractivity contribution in [1.82, 2.24) is 41.5 Å². The van der Waals surface area contributed by atoms with Crippen LogP contribution in [0, 0.1) is 17.2 Å². The zero-order valence-electron chi connectivity index (χ0n) is 22.1. The number of nitrogens with one attached hydrogen (secondary N) is 4. The Morgan fingerprint density at radius 3 is 2.30 bits per heavy atom. The maximum Gasteiger partial charge on any atom is 0.261 e. The topological polar surface area (TPSA) is 169 Å². The quantitative estimate of drug-likeness (QED) is 0.286. The summed E-state index contributed by atoms with van der Waals surface area (Å²) in [6, 6.07) is 5.98. The van der Waals surface area contributed by atoms with Crippen LogP contribution in [0.15, 0.2) is 12.1 Å². The number of thiophene rings is 2. The van der Waals surface area contributed by atoms with Gasteiger partial charge in [0.1, 0.15) is 11.5 Å². The van der Waals surface area contributed by atoms with Gasteiger partial charge in [0, 0.05) is 29.9 Å². The van der Waals surface area contributed by atoms with Gasteiger partial charge in [0.25, 0.3) is 11.8 Å². The number of H-pyrrole nitrogens is 1. The van der Waals surface area contributed by atoms with Crippen molar-refractivity contribution in [1.29, 1.82) is 5.26 Å². The van der Waals surface area contributed by atoms with Crippen molar-refractivity contribution in [2.45, 2.75) is 49.6 Å². The fourth-order valence-corrected chi connectivity index (χ4v) is 8.99. The monoisotopic (exact) mass is 579 g/mol. The maximum atomic E-state index is 13.1. The van der Waals surface area contributed by atoms with Crippen molar-refractivity contribution in [3.8, 4) is 6.07 Å². The Bertz CT molecular complexity index is 1440. The third-order valence-electron chi connectivity index (χ3n) is 8.18. The summed E-state index contributed by atoms with van der Waals surface area (Å²) in [4.78, 5) is 43.2. The van der Waals surface area contributed by atoms with Gasteiger partial charge in [-0.2, -0.15) is 10.5 Å². The Morgan fingerprint density at radius 1 is 1.10 bits per heavy atom. The molecule has 3 aromatic rings. The summed E-state index contributed by atoms with van der Waals surface area (Å²) in [5.74, 6) is 0.503. The molecule has 3 aromatic heterocycles. The molecule has 4 N–H and O–H groups in total. The summed E-state index contributed by atoms with van der Waals surface area (Å²) in [5, 5.41) is 33.6. The van der Waals surface area contributed by atoms with Gasteiger partial charge in [-0.3, -0.25) is 14.4 Å². The zero-order chi connectivity index (χ0) is 28.0. The first kappa shape index (κ1) is 26.5. The molecule has 2 fully saturated rings. The molecule has 2 aliphatic carbocycles. The van der Waals surface area contributed by atoms with Crippen molar-refractivity contribution in [3.05, 3.63) is 48.6 Å². The van der Waals surface area contributed by atoms with E-state index in [1.54, 1.807) is 19.0 Å². The first-order valence-corrected chi connectivity index (χ1v) is 14.9. The number of piperidine rings is 1. The number of carbonyl (C=O) groups excluding carboxylic acids is 3. The molecule has 1 saturated heterocycles. The maximum absolute atomic E-state index is 13.1. The average Bonchev–Trinajstić information content (AvgIpc) is 3.46. The lowest BCUT2D eigenvalue weighted by molar-refractivity contribution is -0.131. The van der Waals surface area contributed by atoms with Crippen molar-refractivity contribution in [2.24, 2.45) is 5.92 Å². The van der Waals surface area contributed by atoms with Crippen LogP contribution < -0.4 is 16.0 Å². The van der Waals surface area contributed by atoms with Gasteiger partial charge in [-0.15, -0.1) is 32.9 Å². The number of likely N-dealkylation sites (tertiary alicyclic amines) is 1. The molecular formula is C26H29N9O3S2. The minimum atomic E-state index is -0.886. The van der Waals surface area contributed by atoms with Crippen molar-refractivity contribution >= 4 is 40.4 Å².